The van der Waals surface area contributed by atoms with Crippen LogP contribution < -0.4 is 14.2 Å². The molecule has 1 heterocycles. The number of hydrogen-bond acceptors (Lipinski definition) is 7. The van der Waals surface area contributed by atoms with Crippen molar-refractivity contribution >= 4 is 50.4 Å². The topological polar surface area (TPSA) is 81.7 Å². The highest BCUT2D eigenvalue weighted by Crippen LogP contribution is 2.33. The summed E-state index contributed by atoms with van der Waals surface area (Å²) in [7, 11) is -2.57. The maximum atomic E-state index is 12.4. The molecular formula is C17H13NO5S3. The van der Waals surface area contributed by atoms with Crippen LogP contribution in [0.1, 0.15) is 5.56 Å². The molecule has 6 nitrogen and oxygen atoms in total. The maximum absolute atomic E-state index is 12.4. The van der Waals surface area contributed by atoms with Gasteiger partial charge >= 0.3 is 10.1 Å². The number of carbonyl (C=O) groups is 1. The monoisotopic (exact) mass is 407 g/mol. The second-order valence-electron chi connectivity index (χ2n) is 5.11. The largest absolute Gasteiger partial charge is 0.493 e. The van der Waals surface area contributed by atoms with Crippen LogP contribution in [-0.4, -0.2) is 25.8 Å². The molecule has 0 saturated carbocycles. The fraction of sp³-hybridized carbons (Fsp3) is 0.0588. The first kappa shape index (κ1) is 18.4. The highest BCUT2D eigenvalue weighted by Gasteiger charge is 2.23. The summed E-state index contributed by atoms with van der Waals surface area (Å²) in [4.78, 5) is 12.2. The third-order valence-corrected chi connectivity index (χ3v) is 5.77. The van der Waals surface area contributed by atoms with Gasteiger partial charge in [-0.05, 0) is 35.9 Å². The summed E-state index contributed by atoms with van der Waals surface area (Å²) in [5.74, 6) is 0.00772. The van der Waals surface area contributed by atoms with Crippen LogP contribution in [0.5, 0.6) is 11.5 Å². The normalized spacial score (nSPS) is 15.8. The van der Waals surface area contributed by atoms with E-state index in [0.717, 1.165) is 11.8 Å². The van der Waals surface area contributed by atoms with Gasteiger partial charge in [-0.3, -0.25) is 4.79 Å². The number of benzene rings is 2. The Kier molecular flexibility index (Phi) is 5.30. The second-order valence-corrected chi connectivity index (χ2v) is 8.38. The standard InChI is InChI=1S/C17H13NO5S3/c1-22-14-9-11(10-15-16(19)18-17(24)25-15)7-8-13(14)23-26(20,21)12-5-3-2-4-6-12/h2-10H,1H3,(H,18,19,24)/b15-10-. The van der Waals surface area contributed by atoms with Crippen molar-refractivity contribution in [1.82, 2.24) is 5.32 Å². The van der Waals surface area contributed by atoms with Crippen LogP contribution in [0.2, 0.25) is 0 Å². The fourth-order valence-electron chi connectivity index (χ4n) is 2.17. The van der Waals surface area contributed by atoms with Gasteiger partial charge in [0.05, 0.1) is 12.0 Å². The van der Waals surface area contributed by atoms with Gasteiger partial charge in [0, 0.05) is 0 Å². The molecular weight excluding hydrogens is 394 g/mol. The Morgan fingerprint density at radius 1 is 1.12 bits per heavy atom. The molecule has 0 aliphatic carbocycles. The predicted octanol–water partition coefficient (Wildman–Crippen LogP) is 2.95. The zero-order valence-electron chi connectivity index (χ0n) is 13.5. The smallest absolute Gasteiger partial charge is 0.339 e. The summed E-state index contributed by atoms with van der Waals surface area (Å²) in [6.07, 6.45) is 1.64. The number of methoxy groups -OCH3 is 1. The van der Waals surface area contributed by atoms with E-state index in [-0.39, 0.29) is 22.3 Å². The Morgan fingerprint density at radius 2 is 1.85 bits per heavy atom. The van der Waals surface area contributed by atoms with E-state index in [9.17, 15) is 13.2 Å². The molecule has 1 aliphatic rings. The molecule has 3 rings (SSSR count). The molecule has 26 heavy (non-hydrogen) atoms. The average Bonchev–Trinajstić information content (AvgIpc) is 2.94. The number of ether oxygens (including phenoxy) is 1. The van der Waals surface area contributed by atoms with Gasteiger partial charge in [-0.25, -0.2) is 0 Å². The molecule has 0 bridgehead atoms. The Hall–Kier alpha value is -2.36. The molecule has 0 aromatic heterocycles. The first-order chi connectivity index (χ1) is 12.4. The molecule has 2 aromatic rings. The van der Waals surface area contributed by atoms with Crippen LogP contribution in [0, 0.1) is 0 Å². The minimum absolute atomic E-state index is 0.0424. The van der Waals surface area contributed by atoms with E-state index in [4.69, 9.17) is 21.1 Å². The zero-order chi connectivity index (χ0) is 18.7. The summed E-state index contributed by atoms with van der Waals surface area (Å²) in [5.41, 5.74) is 0.647. The molecule has 0 radical (unpaired) electrons. The number of rotatable bonds is 5. The first-order valence-corrected chi connectivity index (χ1v) is 9.95. The number of amides is 1. The number of thioether (sulfide) groups is 1. The van der Waals surface area contributed by atoms with E-state index in [1.165, 1.54) is 25.3 Å². The molecule has 1 amide bonds. The molecule has 1 saturated heterocycles. The SMILES string of the molecule is COc1cc(/C=C2\SC(=S)NC2=O)ccc1OS(=O)(=O)c1ccccc1. The van der Waals surface area contributed by atoms with Gasteiger partial charge in [-0.1, -0.05) is 48.2 Å². The van der Waals surface area contributed by atoms with Gasteiger partial charge < -0.3 is 14.2 Å². The average molecular weight is 407 g/mol. The van der Waals surface area contributed by atoms with E-state index < -0.39 is 10.1 Å². The van der Waals surface area contributed by atoms with Crippen LogP contribution in [0.15, 0.2) is 58.3 Å². The fourth-order valence-corrected chi connectivity index (χ4v) is 4.17. The molecule has 0 spiro atoms. The van der Waals surface area contributed by atoms with Crippen LogP contribution in [-0.2, 0) is 14.9 Å². The second kappa shape index (κ2) is 7.48. The van der Waals surface area contributed by atoms with E-state index in [1.807, 2.05) is 0 Å². The van der Waals surface area contributed by atoms with Crippen molar-refractivity contribution in [2.24, 2.45) is 0 Å². The number of nitrogens with one attached hydrogen (secondary N) is 1. The Labute approximate surface area is 160 Å². The van der Waals surface area contributed by atoms with Crippen LogP contribution in [0.4, 0.5) is 0 Å². The van der Waals surface area contributed by atoms with Crippen molar-refractivity contribution in [1.29, 1.82) is 0 Å². The van der Waals surface area contributed by atoms with E-state index in [2.05, 4.69) is 5.32 Å². The lowest BCUT2D eigenvalue weighted by atomic mass is 10.2. The van der Waals surface area contributed by atoms with Gasteiger partial charge in [0.15, 0.2) is 11.5 Å². The lowest BCUT2D eigenvalue weighted by Gasteiger charge is -2.11. The highest BCUT2D eigenvalue weighted by molar-refractivity contribution is 8.26. The highest BCUT2D eigenvalue weighted by atomic mass is 32.2. The van der Waals surface area contributed by atoms with Gasteiger partial charge in [-0.15, -0.1) is 0 Å². The minimum atomic E-state index is -3.98. The molecule has 134 valence electrons. The number of carbonyl (C=O) groups excluding carboxylic acids is 1. The lowest BCUT2D eigenvalue weighted by molar-refractivity contribution is -0.115. The van der Waals surface area contributed by atoms with Crippen LogP contribution in [0.25, 0.3) is 6.08 Å². The summed E-state index contributed by atoms with van der Waals surface area (Å²) in [6, 6.07) is 12.5. The van der Waals surface area contributed by atoms with E-state index in [1.54, 1.807) is 36.4 Å². The number of hydrogen-bond donors (Lipinski definition) is 1. The third kappa shape index (κ3) is 4.06. The van der Waals surface area contributed by atoms with Gasteiger partial charge in [0.2, 0.25) is 0 Å². The van der Waals surface area contributed by atoms with Crippen LogP contribution >= 0.6 is 24.0 Å². The summed E-state index contributed by atoms with van der Waals surface area (Å²) >= 11 is 6.10. The van der Waals surface area contributed by atoms with Gasteiger partial charge in [0.1, 0.15) is 9.22 Å². The Morgan fingerprint density at radius 3 is 2.46 bits per heavy atom. The zero-order valence-corrected chi connectivity index (χ0v) is 15.9. The molecule has 1 aliphatic heterocycles. The van der Waals surface area contributed by atoms with E-state index >= 15 is 0 Å². The molecule has 1 fully saturated rings. The van der Waals surface area contributed by atoms with Gasteiger partial charge in [0.25, 0.3) is 5.91 Å². The van der Waals surface area contributed by atoms with Crippen LogP contribution in [0.3, 0.4) is 0 Å². The molecule has 0 unspecified atom stereocenters. The molecule has 2 aromatic carbocycles. The van der Waals surface area contributed by atoms with E-state index in [0.29, 0.717) is 14.8 Å². The molecule has 0 atom stereocenters. The Bertz CT molecular complexity index is 1000. The molecule has 9 heteroatoms. The van der Waals surface area contributed by atoms with Crippen molar-refractivity contribution in [3.05, 3.63) is 59.0 Å². The van der Waals surface area contributed by atoms with Crippen molar-refractivity contribution in [3.63, 3.8) is 0 Å². The quantitative estimate of drug-likeness (QED) is 0.464. The minimum Gasteiger partial charge on any atom is -0.493 e. The Balaban J connectivity index is 1.89. The van der Waals surface area contributed by atoms with Crippen molar-refractivity contribution in [2.45, 2.75) is 4.90 Å². The predicted molar refractivity (Wildman–Crippen MR) is 104 cm³/mol. The summed E-state index contributed by atoms with van der Waals surface area (Å²) < 4.78 is 35.5. The maximum Gasteiger partial charge on any atom is 0.339 e. The van der Waals surface area contributed by atoms with Crippen molar-refractivity contribution in [2.75, 3.05) is 7.11 Å². The summed E-state index contributed by atoms with van der Waals surface area (Å²) in [5, 5.41) is 2.53. The van der Waals surface area contributed by atoms with Crippen molar-refractivity contribution in [3.8, 4) is 11.5 Å². The van der Waals surface area contributed by atoms with Crippen molar-refractivity contribution < 1.29 is 22.1 Å². The lowest BCUT2D eigenvalue weighted by Crippen LogP contribution is -2.17. The number of thiocarbonyl (C=S) groups is 1. The molecule has 1 N–H and O–H groups in total. The third-order valence-electron chi connectivity index (χ3n) is 3.36. The first-order valence-electron chi connectivity index (χ1n) is 7.31. The van der Waals surface area contributed by atoms with Gasteiger partial charge in [-0.2, -0.15) is 8.42 Å². The summed E-state index contributed by atoms with van der Waals surface area (Å²) in [6.45, 7) is 0.